The molecule has 4 heteroatoms. The van der Waals surface area contributed by atoms with Gasteiger partial charge in [-0.15, -0.1) is 24.0 Å². The zero-order valence-corrected chi connectivity index (χ0v) is 9.29. The summed E-state index contributed by atoms with van der Waals surface area (Å²) in [5, 5.41) is 2.85. The van der Waals surface area contributed by atoms with E-state index in [4.69, 9.17) is 4.74 Å². The Bertz CT molecular complexity index is 464. The third-order valence-corrected chi connectivity index (χ3v) is 3.21. The molecule has 1 heterocycles. The minimum absolute atomic E-state index is 0.290. The summed E-state index contributed by atoms with van der Waals surface area (Å²) in [6.45, 7) is 2.39. The summed E-state index contributed by atoms with van der Waals surface area (Å²) in [6.07, 6.45) is 0. The Morgan fingerprint density at radius 1 is 1.57 bits per heavy atom. The van der Waals surface area contributed by atoms with Gasteiger partial charge in [0.15, 0.2) is 0 Å². The Hall–Kier alpha value is -0.740. The molecule has 0 bridgehead atoms. The second-order valence-electron chi connectivity index (χ2n) is 2.80. The molecule has 14 heavy (non-hydrogen) atoms. The SMILES string of the molecule is CCOc1c(S)c(F)cc2sccc12. The predicted molar refractivity (Wildman–Crippen MR) is 60.2 cm³/mol. The molecule has 74 valence electrons. The van der Waals surface area contributed by atoms with Gasteiger partial charge in [0.25, 0.3) is 0 Å². The van der Waals surface area contributed by atoms with Crippen molar-refractivity contribution in [3.8, 4) is 5.75 Å². The number of hydrogen-bond acceptors (Lipinski definition) is 3. The highest BCUT2D eigenvalue weighted by molar-refractivity contribution is 7.80. The number of fused-ring (bicyclic) bond motifs is 1. The van der Waals surface area contributed by atoms with E-state index < -0.39 is 0 Å². The minimum atomic E-state index is -0.327. The Labute approximate surface area is 90.9 Å². The molecule has 0 saturated heterocycles. The van der Waals surface area contributed by atoms with Crippen LogP contribution in [0, 0.1) is 5.82 Å². The van der Waals surface area contributed by atoms with Crippen LogP contribution in [0.1, 0.15) is 6.92 Å². The number of halogens is 1. The lowest BCUT2D eigenvalue weighted by molar-refractivity contribution is 0.333. The van der Waals surface area contributed by atoms with Crippen molar-refractivity contribution < 1.29 is 9.13 Å². The van der Waals surface area contributed by atoms with E-state index in [1.165, 1.54) is 17.4 Å². The van der Waals surface area contributed by atoms with E-state index in [9.17, 15) is 4.39 Å². The van der Waals surface area contributed by atoms with E-state index in [-0.39, 0.29) is 10.7 Å². The summed E-state index contributed by atoms with van der Waals surface area (Å²) in [5.74, 6) is 0.221. The molecule has 0 spiro atoms. The van der Waals surface area contributed by atoms with E-state index in [1.54, 1.807) is 0 Å². The van der Waals surface area contributed by atoms with Crippen LogP contribution in [0.4, 0.5) is 4.39 Å². The number of thiophene rings is 1. The number of rotatable bonds is 2. The van der Waals surface area contributed by atoms with Crippen molar-refractivity contribution in [2.45, 2.75) is 11.8 Å². The second-order valence-corrected chi connectivity index (χ2v) is 4.20. The molecule has 0 unspecified atom stereocenters. The maximum atomic E-state index is 13.4. The van der Waals surface area contributed by atoms with Crippen LogP contribution < -0.4 is 4.74 Å². The molecule has 0 radical (unpaired) electrons. The molecule has 2 aromatic rings. The molecule has 2 rings (SSSR count). The number of benzene rings is 1. The van der Waals surface area contributed by atoms with Gasteiger partial charge in [0.1, 0.15) is 11.6 Å². The van der Waals surface area contributed by atoms with Crippen LogP contribution >= 0.6 is 24.0 Å². The standard InChI is InChI=1S/C10H9FOS2/c1-2-12-9-6-3-4-14-8(6)5-7(11)10(9)13/h3-5,13H,2H2,1H3. The quantitative estimate of drug-likeness (QED) is 0.771. The van der Waals surface area contributed by atoms with Gasteiger partial charge in [0, 0.05) is 10.1 Å². The number of thiol groups is 1. The molecular weight excluding hydrogens is 219 g/mol. The van der Waals surface area contributed by atoms with Crippen LogP contribution in [0.15, 0.2) is 22.4 Å². The number of ether oxygens (including phenoxy) is 1. The molecule has 1 aromatic heterocycles. The summed E-state index contributed by atoms with van der Waals surface area (Å²) < 4.78 is 19.6. The van der Waals surface area contributed by atoms with Crippen molar-refractivity contribution in [3.05, 3.63) is 23.3 Å². The second kappa shape index (κ2) is 3.79. The van der Waals surface area contributed by atoms with Gasteiger partial charge >= 0.3 is 0 Å². The summed E-state index contributed by atoms with van der Waals surface area (Å²) >= 11 is 5.60. The van der Waals surface area contributed by atoms with Crippen molar-refractivity contribution in [1.29, 1.82) is 0 Å². The summed E-state index contributed by atoms with van der Waals surface area (Å²) in [7, 11) is 0. The van der Waals surface area contributed by atoms with E-state index in [0.29, 0.717) is 12.4 Å². The predicted octanol–water partition coefficient (Wildman–Crippen LogP) is 3.73. The molecule has 0 aliphatic heterocycles. The molecule has 0 aliphatic rings. The third kappa shape index (κ3) is 1.48. The molecule has 0 N–H and O–H groups in total. The molecule has 1 aromatic carbocycles. The highest BCUT2D eigenvalue weighted by Crippen LogP contribution is 2.37. The van der Waals surface area contributed by atoms with Gasteiger partial charge in [0.2, 0.25) is 0 Å². The van der Waals surface area contributed by atoms with Crippen molar-refractivity contribution >= 4 is 34.1 Å². The molecule has 0 fully saturated rings. The van der Waals surface area contributed by atoms with Crippen LogP contribution in [0.2, 0.25) is 0 Å². The zero-order chi connectivity index (χ0) is 10.1. The van der Waals surface area contributed by atoms with Gasteiger partial charge in [-0.05, 0) is 24.4 Å². The Balaban J connectivity index is 2.73. The Kier molecular flexibility index (Phi) is 2.65. The molecular formula is C10H9FOS2. The van der Waals surface area contributed by atoms with Crippen molar-refractivity contribution in [2.75, 3.05) is 6.61 Å². The number of hydrogen-bond donors (Lipinski definition) is 1. The lowest BCUT2D eigenvalue weighted by Crippen LogP contribution is -1.94. The highest BCUT2D eigenvalue weighted by atomic mass is 32.1. The van der Waals surface area contributed by atoms with Crippen LogP contribution in [-0.4, -0.2) is 6.61 Å². The smallest absolute Gasteiger partial charge is 0.144 e. The van der Waals surface area contributed by atoms with Gasteiger partial charge < -0.3 is 4.74 Å². The lowest BCUT2D eigenvalue weighted by Gasteiger charge is -2.08. The van der Waals surface area contributed by atoms with E-state index in [2.05, 4.69) is 12.6 Å². The maximum Gasteiger partial charge on any atom is 0.144 e. The minimum Gasteiger partial charge on any atom is -0.492 e. The average Bonchev–Trinajstić information content (AvgIpc) is 2.60. The first-order valence-corrected chi connectivity index (χ1v) is 5.58. The van der Waals surface area contributed by atoms with E-state index in [0.717, 1.165) is 10.1 Å². The van der Waals surface area contributed by atoms with Crippen molar-refractivity contribution in [3.63, 3.8) is 0 Å². The molecule has 0 atom stereocenters. The largest absolute Gasteiger partial charge is 0.492 e. The Morgan fingerprint density at radius 3 is 3.07 bits per heavy atom. The van der Waals surface area contributed by atoms with Crippen LogP contribution in [-0.2, 0) is 0 Å². The fraction of sp³-hybridized carbons (Fsp3) is 0.200. The van der Waals surface area contributed by atoms with Gasteiger partial charge in [-0.1, -0.05) is 0 Å². The first-order valence-electron chi connectivity index (χ1n) is 4.25. The molecule has 0 saturated carbocycles. The van der Waals surface area contributed by atoms with Gasteiger partial charge in [0.05, 0.1) is 11.5 Å². The highest BCUT2D eigenvalue weighted by Gasteiger charge is 2.12. The molecule has 0 aliphatic carbocycles. The fourth-order valence-electron chi connectivity index (χ4n) is 1.33. The van der Waals surface area contributed by atoms with E-state index in [1.807, 2.05) is 18.4 Å². The molecule has 0 amide bonds. The summed E-state index contributed by atoms with van der Waals surface area (Å²) in [5.41, 5.74) is 0. The average molecular weight is 228 g/mol. The maximum absolute atomic E-state index is 13.4. The van der Waals surface area contributed by atoms with Gasteiger partial charge in [-0.2, -0.15) is 0 Å². The van der Waals surface area contributed by atoms with Crippen LogP contribution in [0.3, 0.4) is 0 Å². The normalized spacial score (nSPS) is 10.8. The van der Waals surface area contributed by atoms with Crippen LogP contribution in [0.5, 0.6) is 5.75 Å². The first kappa shape index (κ1) is 9.80. The van der Waals surface area contributed by atoms with Crippen LogP contribution in [0.25, 0.3) is 10.1 Å². The van der Waals surface area contributed by atoms with Crippen molar-refractivity contribution in [1.82, 2.24) is 0 Å². The van der Waals surface area contributed by atoms with E-state index >= 15 is 0 Å². The first-order chi connectivity index (χ1) is 6.74. The van der Waals surface area contributed by atoms with Crippen molar-refractivity contribution in [2.24, 2.45) is 0 Å². The third-order valence-electron chi connectivity index (χ3n) is 1.93. The zero-order valence-electron chi connectivity index (χ0n) is 7.58. The van der Waals surface area contributed by atoms with Gasteiger partial charge in [-0.25, -0.2) is 4.39 Å². The Morgan fingerprint density at radius 2 is 2.36 bits per heavy atom. The topological polar surface area (TPSA) is 9.23 Å². The van der Waals surface area contributed by atoms with Gasteiger partial charge in [-0.3, -0.25) is 0 Å². The monoisotopic (exact) mass is 228 g/mol. The summed E-state index contributed by atoms with van der Waals surface area (Å²) in [6, 6.07) is 3.41. The molecule has 1 nitrogen and oxygen atoms in total. The summed E-state index contributed by atoms with van der Waals surface area (Å²) in [4.78, 5) is 0.290. The fourth-order valence-corrected chi connectivity index (χ4v) is 2.39. The lowest BCUT2D eigenvalue weighted by atomic mass is 10.2.